The highest BCUT2D eigenvalue weighted by atomic mass is 79.9. The lowest BCUT2D eigenvalue weighted by molar-refractivity contribution is 0.417. The van der Waals surface area contributed by atoms with Gasteiger partial charge in [0.05, 0.1) is 11.6 Å². The molecule has 0 N–H and O–H groups in total. The zero-order chi connectivity index (χ0) is 13.1. The Labute approximate surface area is 122 Å². The summed E-state index contributed by atoms with van der Waals surface area (Å²) in [5, 5.41) is 2.11. The van der Waals surface area contributed by atoms with Crippen molar-refractivity contribution in [1.29, 1.82) is 0 Å². The fourth-order valence-electron chi connectivity index (χ4n) is 3.05. The zero-order valence-electron chi connectivity index (χ0n) is 11.0. The summed E-state index contributed by atoms with van der Waals surface area (Å²) in [6.07, 6.45) is 10.2. The van der Waals surface area contributed by atoms with E-state index in [1.54, 1.807) is 6.26 Å². The second kappa shape index (κ2) is 5.95. The van der Waals surface area contributed by atoms with E-state index in [9.17, 15) is 0 Å². The Kier molecular flexibility index (Phi) is 4.06. The molecule has 2 aromatic heterocycles. The number of anilines is 1. The predicted octanol–water partition coefficient (Wildman–Crippen LogP) is 4.36. The summed E-state index contributed by atoms with van der Waals surface area (Å²) in [5.74, 6) is 1.08. The Hall–Kier alpha value is -1.03. The minimum Gasteiger partial charge on any atom is -0.464 e. The first-order chi connectivity index (χ1) is 9.40. The van der Waals surface area contributed by atoms with Crippen LogP contribution in [0.15, 0.2) is 29.0 Å². The van der Waals surface area contributed by atoms with E-state index in [4.69, 9.17) is 4.42 Å². The molecule has 0 aliphatic heterocycles. The molecule has 0 bridgehead atoms. The highest BCUT2D eigenvalue weighted by molar-refractivity contribution is 9.09. The lowest BCUT2D eigenvalue weighted by atomic mass is 9.94. The van der Waals surface area contributed by atoms with E-state index in [2.05, 4.69) is 25.8 Å². The van der Waals surface area contributed by atoms with Gasteiger partial charge in [-0.05, 0) is 25.0 Å². The van der Waals surface area contributed by atoms with Crippen LogP contribution in [-0.4, -0.2) is 22.9 Å². The van der Waals surface area contributed by atoms with Gasteiger partial charge in [-0.1, -0.05) is 35.2 Å². The van der Waals surface area contributed by atoms with Crippen molar-refractivity contribution in [3.8, 4) is 0 Å². The summed E-state index contributed by atoms with van der Waals surface area (Å²) in [7, 11) is 0. The number of rotatable bonds is 4. The van der Waals surface area contributed by atoms with Gasteiger partial charge in [-0.25, -0.2) is 4.98 Å². The third-order valence-electron chi connectivity index (χ3n) is 3.97. The van der Waals surface area contributed by atoms with E-state index < -0.39 is 0 Å². The van der Waals surface area contributed by atoms with E-state index in [0.717, 1.165) is 28.7 Å². The molecule has 0 radical (unpaired) electrons. The molecule has 0 aromatic carbocycles. The molecule has 1 aliphatic rings. The average Bonchev–Trinajstić information content (AvgIpc) is 2.94. The average molecular weight is 323 g/mol. The van der Waals surface area contributed by atoms with Gasteiger partial charge in [0.25, 0.3) is 0 Å². The molecule has 1 fully saturated rings. The summed E-state index contributed by atoms with van der Waals surface area (Å²) in [6.45, 7) is 1.00. The molecule has 1 aliphatic carbocycles. The Morgan fingerprint density at radius 2 is 2.11 bits per heavy atom. The van der Waals surface area contributed by atoms with Crippen LogP contribution in [0.25, 0.3) is 11.0 Å². The molecule has 3 nitrogen and oxygen atoms in total. The Bertz CT molecular complexity index is 534. The van der Waals surface area contributed by atoms with E-state index >= 15 is 0 Å². The number of halogens is 1. The Morgan fingerprint density at radius 1 is 1.26 bits per heavy atom. The van der Waals surface area contributed by atoms with Gasteiger partial charge in [-0.3, -0.25) is 0 Å². The van der Waals surface area contributed by atoms with E-state index in [0.29, 0.717) is 6.04 Å². The number of furan rings is 1. The van der Waals surface area contributed by atoms with E-state index in [-0.39, 0.29) is 0 Å². The van der Waals surface area contributed by atoms with Gasteiger partial charge in [-0.2, -0.15) is 0 Å². The Balaban J connectivity index is 1.96. The van der Waals surface area contributed by atoms with Gasteiger partial charge in [0.15, 0.2) is 0 Å². The van der Waals surface area contributed by atoms with Crippen LogP contribution in [0.2, 0.25) is 0 Å². The van der Waals surface area contributed by atoms with Crippen LogP contribution < -0.4 is 4.90 Å². The molecule has 4 heteroatoms. The van der Waals surface area contributed by atoms with Crippen molar-refractivity contribution in [1.82, 2.24) is 4.98 Å². The molecule has 0 saturated heterocycles. The molecule has 2 heterocycles. The second-order valence-corrected chi connectivity index (χ2v) is 5.93. The minimum atomic E-state index is 0.624. The number of pyridine rings is 1. The maximum absolute atomic E-state index is 5.50. The summed E-state index contributed by atoms with van der Waals surface area (Å²) < 4.78 is 5.50. The van der Waals surface area contributed by atoms with Crippen molar-refractivity contribution < 1.29 is 4.42 Å². The molecule has 0 unspecified atom stereocenters. The van der Waals surface area contributed by atoms with E-state index in [1.807, 2.05) is 18.3 Å². The standard InChI is InChI=1S/C15H19BrN2O/c16-8-10-18(12-4-2-1-3-5-12)15-13-7-11-19-14(13)6-9-17-15/h6-7,9,11-12H,1-5,8,10H2. The van der Waals surface area contributed by atoms with Crippen LogP contribution in [0, 0.1) is 0 Å². The molecule has 0 amide bonds. The van der Waals surface area contributed by atoms with Crippen LogP contribution in [0.5, 0.6) is 0 Å². The predicted molar refractivity (Wildman–Crippen MR) is 82.0 cm³/mol. The van der Waals surface area contributed by atoms with Crippen molar-refractivity contribution in [2.45, 2.75) is 38.1 Å². The first kappa shape index (κ1) is 13.0. The zero-order valence-corrected chi connectivity index (χ0v) is 12.6. The first-order valence-electron chi connectivity index (χ1n) is 7.05. The fourth-order valence-corrected chi connectivity index (χ4v) is 3.44. The quantitative estimate of drug-likeness (QED) is 0.783. The van der Waals surface area contributed by atoms with Crippen LogP contribution in [0.4, 0.5) is 5.82 Å². The molecular formula is C15H19BrN2O. The number of hydrogen-bond acceptors (Lipinski definition) is 3. The lowest BCUT2D eigenvalue weighted by Gasteiger charge is -2.35. The molecule has 0 atom stereocenters. The third kappa shape index (κ3) is 2.64. The highest BCUT2D eigenvalue weighted by Crippen LogP contribution is 2.31. The number of aromatic nitrogens is 1. The number of nitrogens with zero attached hydrogens (tertiary/aromatic N) is 2. The molecule has 19 heavy (non-hydrogen) atoms. The molecule has 0 spiro atoms. The molecule has 2 aromatic rings. The summed E-state index contributed by atoms with van der Waals surface area (Å²) in [4.78, 5) is 7.08. The van der Waals surface area contributed by atoms with Crippen LogP contribution in [0.1, 0.15) is 32.1 Å². The lowest BCUT2D eigenvalue weighted by Crippen LogP contribution is -2.38. The van der Waals surface area contributed by atoms with Crippen LogP contribution in [0.3, 0.4) is 0 Å². The molecular weight excluding hydrogens is 304 g/mol. The number of alkyl halides is 1. The highest BCUT2D eigenvalue weighted by Gasteiger charge is 2.23. The normalized spacial score (nSPS) is 16.9. The van der Waals surface area contributed by atoms with E-state index in [1.165, 1.54) is 32.1 Å². The van der Waals surface area contributed by atoms with Gasteiger partial charge in [0, 0.05) is 24.1 Å². The summed E-state index contributed by atoms with van der Waals surface area (Å²) in [5.41, 5.74) is 0.931. The SMILES string of the molecule is BrCCN(c1nccc2occc12)C1CCCCC1. The molecule has 3 rings (SSSR count). The summed E-state index contributed by atoms with van der Waals surface area (Å²) >= 11 is 3.58. The number of fused-ring (bicyclic) bond motifs is 1. The topological polar surface area (TPSA) is 29.3 Å². The maximum atomic E-state index is 5.50. The van der Waals surface area contributed by atoms with Gasteiger partial charge in [0.2, 0.25) is 0 Å². The van der Waals surface area contributed by atoms with Gasteiger partial charge in [0.1, 0.15) is 11.4 Å². The van der Waals surface area contributed by atoms with Crippen molar-refractivity contribution in [3.05, 3.63) is 24.6 Å². The second-order valence-electron chi connectivity index (χ2n) is 5.14. The van der Waals surface area contributed by atoms with Crippen molar-refractivity contribution >= 4 is 32.7 Å². The monoisotopic (exact) mass is 322 g/mol. The van der Waals surface area contributed by atoms with Crippen LogP contribution in [-0.2, 0) is 0 Å². The third-order valence-corrected chi connectivity index (χ3v) is 4.33. The van der Waals surface area contributed by atoms with Gasteiger partial charge in [-0.15, -0.1) is 0 Å². The Morgan fingerprint density at radius 3 is 2.89 bits per heavy atom. The fraction of sp³-hybridized carbons (Fsp3) is 0.533. The van der Waals surface area contributed by atoms with Crippen LogP contribution >= 0.6 is 15.9 Å². The van der Waals surface area contributed by atoms with Gasteiger partial charge >= 0.3 is 0 Å². The molecule has 1 saturated carbocycles. The molecule has 102 valence electrons. The van der Waals surface area contributed by atoms with Crippen molar-refractivity contribution in [3.63, 3.8) is 0 Å². The summed E-state index contributed by atoms with van der Waals surface area (Å²) in [6, 6.07) is 4.59. The minimum absolute atomic E-state index is 0.624. The maximum Gasteiger partial charge on any atom is 0.139 e. The largest absolute Gasteiger partial charge is 0.464 e. The number of hydrogen-bond donors (Lipinski definition) is 0. The smallest absolute Gasteiger partial charge is 0.139 e. The van der Waals surface area contributed by atoms with Crippen molar-refractivity contribution in [2.24, 2.45) is 0 Å². The van der Waals surface area contributed by atoms with Gasteiger partial charge < -0.3 is 9.32 Å². The van der Waals surface area contributed by atoms with Crippen molar-refractivity contribution in [2.75, 3.05) is 16.8 Å². The first-order valence-corrected chi connectivity index (χ1v) is 8.17.